The molecule has 1 aliphatic heterocycles. The van der Waals surface area contributed by atoms with E-state index in [-0.39, 0.29) is 18.3 Å². The third-order valence-corrected chi connectivity index (χ3v) is 4.76. The highest BCUT2D eigenvalue weighted by atomic mass is 19.4. The number of ether oxygens (including phenoxy) is 1. The van der Waals surface area contributed by atoms with Crippen molar-refractivity contribution in [1.82, 2.24) is 9.80 Å². The average molecular weight is 403 g/mol. The summed E-state index contributed by atoms with van der Waals surface area (Å²) in [7, 11) is 0. The second-order valence-electron chi connectivity index (χ2n) is 6.78. The van der Waals surface area contributed by atoms with Crippen molar-refractivity contribution in [1.29, 1.82) is 5.26 Å². The maximum absolute atomic E-state index is 12.6. The molecule has 1 fully saturated rings. The summed E-state index contributed by atoms with van der Waals surface area (Å²) in [5.74, 6) is 0.0359. The summed E-state index contributed by atoms with van der Waals surface area (Å²) in [6.07, 6.45) is -4.40. The summed E-state index contributed by atoms with van der Waals surface area (Å²) in [6.45, 7) is 3.09. The highest BCUT2D eigenvalue weighted by Crippen LogP contribution is 2.30. The zero-order valence-electron chi connectivity index (χ0n) is 15.7. The number of carbonyl (C=O) groups is 1. The van der Waals surface area contributed by atoms with Gasteiger partial charge in [-0.3, -0.25) is 9.69 Å². The number of piperazine rings is 1. The number of benzene rings is 2. The number of rotatable bonds is 5. The highest BCUT2D eigenvalue weighted by molar-refractivity contribution is 5.77. The van der Waals surface area contributed by atoms with Gasteiger partial charge in [-0.25, -0.2) is 0 Å². The largest absolute Gasteiger partial charge is 0.484 e. The van der Waals surface area contributed by atoms with Crippen molar-refractivity contribution in [3.8, 4) is 11.8 Å². The summed E-state index contributed by atoms with van der Waals surface area (Å²) in [5.41, 5.74) is 0.973. The van der Waals surface area contributed by atoms with Crippen LogP contribution in [0.1, 0.15) is 16.7 Å². The molecule has 3 rings (SSSR count). The SMILES string of the molecule is N#Cc1ccc(CN2CCN(C(=O)COc3ccc(C(F)(F)F)cc3)CC2)cc1. The number of hydrogen-bond acceptors (Lipinski definition) is 4. The molecule has 0 atom stereocenters. The van der Waals surface area contributed by atoms with E-state index in [1.165, 1.54) is 12.1 Å². The molecule has 0 N–H and O–H groups in total. The Morgan fingerprint density at radius 1 is 1.00 bits per heavy atom. The van der Waals surface area contributed by atoms with Gasteiger partial charge in [0.05, 0.1) is 17.2 Å². The third kappa shape index (κ3) is 5.72. The smallest absolute Gasteiger partial charge is 0.416 e. The molecule has 2 aromatic carbocycles. The van der Waals surface area contributed by atoms with Gasteiger partial charge >= 0.3 is 6.18 Å². The second-order valence-corrected chi connectivity index (χ2v) is 6.78. The first kappa shape index (κ1) is 20.7. The lowest BCUT2D eigenvalue weighted by molar-refractivity contribution is -0.138. The van der Waals surface area contributed by atoms with Crippen molar-refractivity contribution >= 4 is 5.91 Å². The van der Waals surface area contributed by atoms with Crippen LogP contribution in [-0.4, -0.2) is 48.5 Å². The van der Waals surface area contributed by atoms with Crippen LogP contribution in [-0.2, 0) is 17.5 Å². The number of nitriles is 1. The van der Waals surface area contributed by atoms with E-state index in [1.54, 1.807) is 17.0 Å². The van der Waals surface area contributed by atoms with Crippen LogP contribution in [0.3, 0.4) is 0 Å². The van der Waals surface area contributed by atoms with Crippen molar-refractivity contribution in [2.75, 3.05) is 32.8 Å². The molecule has 0 aliphatic carbocycles. The van der Waals surface area contributed by atoms with Gasteiger partial charge < -0.3 is 9.64 Å². The molecule has 0 radical (unpaired) electrons. The summed E-state index contributed by atoms with van der Waals surface area (Å²) in [6, 6.07) is 13.8. The van der Waals surface area contributed by atoms with Crippen molar-refractivity contribution in [3.63, 3.8) is 0 Å². The van der Waals surface area contributed by atoms with Crippen LogP contribution >= 0.6 is 0 Å². The van der Waals surface area contributed by atoms with Crippen molar-refractivity contribution in [3.05, 3.63) is 65.2 Å². The molecular formula is C21H20F3N3O2. The van der Waals surface area contributed by atoms with Crippen LogP contribution in [0.2, 0.25) is 0 Å². The van der Waals surface area contributed by atoms with Gasteiger partial charge in [-0.2, -0.15) is 18.4 Å². The minimum atomic E-state index is -4.40. The molecule has 2 aromatic rings. The van der Waals surface area contributed by atoms with E-state index >= 15 is 0 Å². The minimum absolute atomic E-state index is 0.192. The third-order valence-electron chi connectivity index (χ3n) is 4.76. The summed E-state index contributed by atoms with van der Waals surface area (Å²) in [5, 5.41) is 8.84. The first-order chi connectivity index (χ1) is 13.8. The van der Waals surface area contributed by atoms with E-state index in [4.69, 9.17) is 10.00 Å². The Hall–Kier alpha value is -3.05. The summed E-state index contributed by atoms with van der Waals surface area (Å²) < 4.78 is 43.0. The Bertz CT molecular complexity index is 866. The number of hydrogen-bond donors (Lipinski definition) is 0. The van der Waals surface area contributed by atoms with E-state index < -0.39 is 11.7 Å². The lowest BCUT2D eigenvalue weighted by Crippen LogP contribution is -2.49. The topological polar surface area (TPSA) is 56.6 Å². The lowest BCUT2D eigenvalue weighted by atomic mass is 10.1. The number of carbonyl (C=O) groups excluding carboxylic acids is 1. The second kappa shape index (κ2) is 8.97. The summed E-state index contributed by atoms with van der Waals surface area (Å²) in [4.78, 5) is 16.2. The Kier molecular flexibility index (Phi) is 6.39. The van der Waals surface area contributed by atoms with E-state index in [2.05, 4.69) is 11.0 Å². The summed E-state index contributed by atoms with van der Waals surface area (Å²) >= 11 is 0. The molecule has 0 spiro atoms. The zero-order chi connectivity index (χ0) is 20.9. The van der Waals surface area contributed by atoms with E-state index in [9.17, 15) is 18.0 Å². The van der Waals surface area contributed by atoms with Crippen LogP contribution in [0.5, 0.6) is 5.75 Å². The van der Waals surface area contributed by atoms with Crippen LogP contribution in [0, 0.1) is 11.3 Å². The predicted molar refractivity (Wildman–Crippen MR) is 100.0 cm³/mol. The number of amides is 1. The maximum atomic E-state index is 12.6. The Labute approximate surface area is 166 Å². The molecule has 8 heteroatoms. The van der Waals surface area contributed by atoms with Gasteiger partial charge in [0.1, 0.15) is 5.75 Å². The van der Waals surface area contributed by atoms with E-state index in [0.717, 1.165) is 24.2 Å². The zero-order valence-corrected chi connectivity index (χ0v) is 15.7. The fraction of sp³-hybridized carbons (Fsp3) is 0.333. The molecule has 152 valence electrons. The van der Waals surface area contributed by atoms with Crippen LogP contribution < -0.4 is 4.74 Å². The molecular weight excluding hydrogens is 383 g/mol. The van der Waals surface area contributed by atoms with Crippen molar-refractivity contribution in [2.24, 2.45) is 0 Å². The fourth-order valence-corrected chi connectivity index (χ4v) is 3.07. The Morgan fingerprint density at radius 2 is 1.62 bits per heavy atom. The molecule has 1 heterocycles. The van der Waals surface area contributed by atoms with Crippen LogP contribution in [0.15, 0.2) is 48.5 Å². The van der Waals surface area contributed by atoms with Crippen LogP contribution in [0.4, 0.5) is 13.2 Å². The molecule has 5 nitrogen and oxygen atoms in total. The fourth-order valence-electron chi connectivity index (χ4n) is 3.07. The molecule has 1 aliphatic rings. The van der Waals surface area contributed by atoms with Gasteiger partial charge in [-0.15, -0.1) is 0 Å². The number of halogens is 3. The molecule has 0 bridgehead atoms. The first-order valence-corrected chi connectivity index (χ1v) is 9.14. The number of alkyl halides is 3. The monoisotopic (exact) mass is 403 g/mol. The molecule has 1 amide bonds. The quantitative estimate of drug-likeness (QED) is 0.769. The standard InChI is InChI=1S/C21H20F3N3O2/c22-21(23,24)18-5-7-19(8-6-18)29-15-20(28)27-11-9-26(10-12-27)14-17-3-1-16(13-25)2-4-17/h1-8H,9-12,14-15H2. The Balaban J connectivity index is 1.43. The molecule has 29 heavy (non-hydrogen) atoms. The van der Waals surface area contributed by atoms with Crippen LogP contribution in [0.25, 0.3) is 0 Å². The Morgan fingerprint density at radius 3 is 2.17 bits per heavy atom. The average Bonchev–Trinajstić information content (AvgIpc) is 2.73. The van der Waals surface area contributed by atoms with Crippen molar-refractivity contribution in [2.45, 2.75) is 12.7 Å². The van der Waals surface area contributed by atoms with E-state index in [1.807, 2.05) is 12.1 Å². The highest BCUT2D eigenvalue weighted by Gasteiger charge is 2.30. The number of nitrogens with zero attached hydrogens (tertiary/aromatic N) is 3. The lowest BCUT2D eigenvalue weighted by Gasteiger charge is -2.34. The van der Waals surface area contributed by atoms with Gasteiger partial charge in [-0.05, 0) is 42.0 Å². The van der Waals surface area contributed by atoms with Gasteiger partial charge in [-0.1, -0.05) is 12.1 Å². The molecule has 0 aromatic heterocycles. The molecule has 0 saturated carbocycles. The van der Waals surface area contributed by atoms with Gasteiger partial charge in [0.25, 0.3) is 5.91 Å². The normalized spacial score (nSPS) is 15.0. The maximum Gasteiger partial charge on any atom is 0.416 e. The van der Waals surface area contributed by atoms with E-state index in [0.29, 0.717) is 31.7 Å². The van der Waals surface area contributed by atoms with Gasteiger partial charge in [0, 0.05) is 32.7 Å². The van der Waals surface area contributed by atoms with Gasteiger partial charge in [0.2, 0.25) is 0 Å². The minimum Gasteiger partial charge on any atom is -0.484 e. The van der Waals surface area contributed by atoms with Gasteiger partial charge in [0.15, 0.2) is 6.61 Å². The van der Waals surface area contributed by atoms with Crippen molar-refractivity contribution < 1.29 is 22.7 Å². The molecule has 0 unspecified atom stereocenters. The first-order valence-electron chi connectivity index (χ1n) is 9.14. The molecule has 1 saturated heterocycles. The predicted octanol–water partition coefficient (Wildman–Crippen LogP) is 3.30.